The number of fused-ring (bicyclic) bond motifs is 3. The zero-order valence-electron chi connectivity index (χ0n) is 20.6. The molecule has 1 fully saturated rings. The predicted molar refractivity (Wildman–Crippen MR) is 133 cm³/mol. The van der Waals surface area contributed by atoms with Crippen LogP contribution >= 0.6 is 0 Å². The molecule has 0 aliphatic heterocycles. The van der Waals surface area contributed by atoms with E-state index < -0.39 is 22.9 Å². The molecule has 35 heavy (non-hydrogen) atoms. The van der Waals surface area contributed by atoms with Crippen molar-refractivity contribution in [1.82, 2.24) is 10.6 Å². The van der Waals surface area contributed by atoms with Gasteiger partial charge in [0.15, 0.2) is 0 Å². The SMILES string of the molecule is CCC(C)(CNC(=O)C1(C)CCCC1NC(=O)OCC1c2ccccc2-c2ccccc21)C(=O)O. The van der Waals surface area contributed by atoms with Gasteiger partial charge in [-0.25, -0.2) is 4.79 Å². The van der Waals surface area contributed by atoms with Gasteiger partial charge in [0.05, 0.1) is 10.8 Å². The molecule has 3 unspecified atom stereocenters. The smallest absolute Gasteiger partial charge is 0.407 e. The van der Waals surface area contributed by atoms with Crippen LogP contribution in [0.4, 0.5) is 4.79 Å². The van der Waals surface area contributed by atoms with Crippen molar-refractivity contribution >= 4 is 18.0 Å². The third-order valence-corrected chi connectivity index (χ3v) is 8.05. The average molecular weight is 479 g/mol. The first kappa shape index (κ1) is 24.8. The molecule has 0 saturated heterocycles. The van der Waals surface area contributed by atoms with Gasteiger partial charge >= 0.3 is 12.1 Å². The molecule has 2 aliphatic rings. The van der Waals surface area contributed by atoms with E-state index in [9.17, 15) is 19.5 Å². The fraction of sp³-hybridized carbons (Fsp3) is 0.464. The van der Waals surface area contributed by atoms with Crippen LogP contribution in [0.3, 0.4) is 0 Å². The molecule has 0 spiro atoms. The van der Waals surface area contributed by atoms with Crippen LogP contribution in [0.25, 0.3) is 11.1 Å². The van der Waals surface area contributed by atoms with Gasteiger partial charge in [0.2, 0.25) is 5.91 Å². The molecule has 186 valence electrons. The molecule has 4 rings (SSSR count). The molecule has 0 heterocycles. The summed E-state index contributed by atoms with van der Waals surface area (Å²) < 4.78 is 5.68. The number of nitrogens with one attached hydrogen (secondary N) is 2. The number of alkyl carbamates (subject to hydrolysis) is 1. The maximum Gasteiger partial charge on any atom is 0.407 e. The van der Waals surface area contributed by atoms with Crippen molar-refractivity contribution in [2.75, 3.05) is 13.2 Å². The lowest BCUT2D eigenvalue weighted by Gasteiger charge is -2.32. The summed E-state index contributed by atoms with van der Waals surface area (Å²) in [6.45, 7) is 5.50. The number of carbonyl (C=O) groups is 3. The van der Waals surface area contributed by atoms with Crippen molar-refractivity contribution < 1.29 is 24.2 Å². The minimum atomic E-state index is -1.03. The topological polar surface area (TPSA) is 105 Å². The highest BCUT2D eigenvalue weighted by Crippen LogP contribution is 2.44. The van der Waals surface area contributed by atoms with E-state index in [-0.39, 0.29) is 31.0 Å². The van der Waals surface area contributed by atoms with E-state index in [4.69, 9.17) is 4.74 Å². The van der Waals surface area contributed by atoms with E-state index in [0.29, 0.717) is 19.3 Å². The lowest BCUT2D eigenvalue weighted by atomic mass is 9.82. The number of hydrogen-bond acceptors (Lipinski definition) is 4. The van der Waals surface area contributed by atoms with Crippen LogP contribution in [0.15, 0.2) is 48.5 Å². The van der Waals surface area contributed by atoms with Gasteiger partial charge in [-0.3, -0.25) is 9.59 Å². The second-order valence-electron chi connectivity index (χ2n) is 10.2. The van der Waals surface area contributed by atoms with Crippen molar-refractivity contribution in [2.45, 2.75) is 58.4 Å². The molecular weight excluding hydrogens is 444 g/mol. The fourth-order valence-electron chi connectivity index (χ4n) is 5.28. The number of amides is 2. The third-order valence-electron chi connectivity index (χ3n) is 8.05. The lowest BCUT2D eigenvalue weighted by Crippen LogP contribution is -2.53. The zero-order chi connectivity index (χ0) is 25.2. The van der Waals surface area contributed by atoms with E-state index >= 15 is 0 Å². The van der Waals surface area contributed by atoms with E-state index in [1.807, 2.05) is 31.2 Å². The quantitative estimate of drug-likeness (QED) is 0.510. The highest BCUT2D eigenvalue weighted by molar-refractivity contribution is 5.85. The molecular formula is C28H34N2O5. The van der Waals surface area contributed by atoms with Crippen molar-refractivity contribution in [1.29, 1.82) is 0 Å². The van der Waals surface area contributed by atoms with Gasteiger partial charge in [0.25, 0.3) is 0 Å². The number of benzene rings is 2. The van der Waals surface area contributed by atoms with Crippen LogP contribution in [0.5, 0.6) is 0 Å². The Morgan fingerprint density at radius 2 is 1.69 bits per heavy atom. The predicted octanol–water partition coefficient (Wildman–Crippen LogP) is 4.70. The summed E-state index contributed by atoms with van der Waals surface area (Å²) in [5, 5.41) is 15.2. The van der Waals surface area contributed by atoms with Crippen LogP contribution < -0.4 is 10.6 Å². The fourth-order valence-corrected chi connectivity index (χ4v) is 5.28. The Hall–Kier alpha value is -3.35. The molecule has 3 N–H and O–H groups in total. The highest BCUT2D eigenvalue weighted by atomic mass is 16.5. The Morgan fingerprint density at radius 1 is 1.09 bits per heavy atom. The summed E-state index contributed by atoms with van der Waals surface area (Å²) in [6.07, 6.45) is 1.94. The van der Waals surface area contributed by atoms with E-state index in [1.54, 1.807) is 13.8 Å². The van der Waals surface area contributed by atoms with Crippen LogP contribution in [-0.2, 0) is 14.3 Å². The minimum Gasteiger partial charge on any atom is -0.481 e. The summed E-state index contributed by atoms with van der Waals surface area (Å²) in [4.78, 5) is 37.5. The monoisotopic (exact) mass is 478 g/mol. The van der Waals surface area contributed by atoms with Gasteiger partial charge in [-0.15, -0.1) is 0 Å². The Morgan fingerprint density at radius 3 is 2.26 bits per heavy atom. The van der Waals surface area contributed by atoms with Crippen LogP contribution in [-0.4, -0.2) is 42.3 Å². The summed E-state index contributed by atoms with van der Waals surface area (Å²) >= 11 is 0. The Kier molecular flexibility index (Phi) is 6.88. The molecule has 3 atom stereocenters. The normalized spacial score (nSPS) is 22.5. The first-order valence-corrected chi connectivity index (χ1v) is 12.3. The van der Waals surface area contributed by atoms with Gasteiger partial charge in [-0.05, 0) is 55.4 Å². The maximum absolute atomic E-state index is 13.1. The van der Waals surface area contributed by atoms with Crippen LogP contribution in [0.2, 0.25) is 0 Å². The first-order valence-electron chi connectivity index (χ1n) is 12.3. The highest BCUT2D eigenvalue weighted by Gasteiger charge is 2.46. The number of carbonyl (C=O) groups excluding carboxylic acids is 2. The molecule has 2 amide bonds. The van der Waals surface area contributed by atoms with Crippen molar-refractivity contribution in [3.8, 4) is 11.1 Å². The van der Waals surface area contributed by atoms with E-state index in [1.165, 1.54) is 0 Å². The second-order valence-corrected chi connectivity index (χ2v) is 10.2. The number of hydrogen-bond donors (Lipinski definition) is 3. The molecule has 7 nitrogen and oxygen atoms in total. The zero-order valence-corrected chi connectivity index (χ0v) is 20.6. The van der Waals surface area contributed by atoms with Gasteiger partial charge < -0.3 is 20.5 Å². The van der Waals surface area contributed by atoms with Crippen molar-refractivity contribution in [3.63, 3.8) is 0 Å². The number of rotatable bonds is 8. The number of aliphatic carboxylic acids is 1. The maximum atomic E-state index is 13.1. The summed E-state index contributed by atoms with van der Waals surface area (Å²) in [5.74, 6) is -1.21. The largest absolute Gasteiger partial charge is 0.481 e. The van der Waals surface area contributed by atoms with Gasteiger partial charge in [0.1, 0.15) is 6.61 Å². The summed E-state index contributed by atoms with van der Waals surface area (Å²) in [6, 6.07) is 15.9. The van der Waals surface area contributed by atoms with Gasteiger partial charge in [-0.1, -0.05) is 61.9 Å². The molecule has 1 saturated carbocycles. The van der Waals surface area contributed by atoms with Gasteiger partial charge in [0, 0.05) is 18.5 Å². The Labute approximate surface area is 206 Å². The second kappa shape index (κ2) is 9.72. The minimum absolute atomic E-state index is 0.0332. The van der Waals surface area contributed by atoms with Gasteiger partial charge in [-0.2, -0.15) is 0 Å². The first-order chi connectivity index (χ1) is 16.7. The molecule has 0 radical (unpaired) electrons. The molecule has 2 aromatic carbocycles. The molecule has 0 aromatic heterocycles. The number of carboxylic acids is 1. The number of ether oxygens (including phenoxy) is 1. The average Bonchev–Trinajstić information content (AvgIpc) is 3.39. The Balaban J connectivity index is 1.38. The Bertz CT molecular complexity index is 1090. The lowest BCUT2D eigenvalue weighted by molar-refractivity contribution is -0.148. The molecule has 7 heteroatoms. The standard InChI is InChI=1S/C28H34N2O5/c1-4-27(2,25(32)33)17-29-24(31)28(3)15-9-14-23(28)30-26(34)35-16-22-20-12-7-5-10-18(20)19-11-6-8-13-21(19)22/h5-8,10-13,22-23H,4,9,14-17H2,1-3H3,(H,29,31)(H,30,34)(H,32,33). The van der Waals surface area contributed by atoms with Crippen LogP contribution in [0.1, 0.15) is 63.5 Å². The van der Waals surface area contributed by atoms with E-state index in [0.717, 1.165) is 28.7 Å². The third kappa shape index (κ3) is 4.64. The molecule has 0 bridgehead atoms. The summed E-state index contributed by atoms with van der Waals surface area (Å²) in [5.41, 5.74) is 2.77. The van der Waals surface area contributed by atoms with Crippen LogP contribution in [0, 0.1) is 10.8 Å². The summed E-state index contributed by atoms with van der Waals surface area (Å²) in [7, 11) is 0. The van der Waals surface area contributed by atoms with E-state index in [2.05, 4.69) is 34.9 Å². The van der Waals surface area contributed by atoms with Crippen molar-refractivity contribution in [3.05, 3.63) is 59.7 Å². The van der Waals surface area contributed by atoms with Crippen molar-refractivity contribution in [2.24, 2.45) is 10.8 Å². The molecule has 2 aliphatic carbocycles. The number of carboxylic acid groups (broad SMARTS) is 1. The molecule has 2 aromatic rings.